The molecule has 0 radical (unpaired) electrons. The van der Waals surface area contributed by atoms with E-state index in [0.29, 0.717) is 13.2 Å². The molecular weight excluding hydrogens is 116 g/mol. The molecule has 0 amide bonds. The molecule has 0 saturated carbocycles. The summed E-state index contributed by atoms with van der Waals surface area (Å²) >= 11 is 0. The lowest BCUT2D eigenvalue weighted by Crippen LogP contribution is -2.06. The van der Waals surface area contributed by atoms with E-state index in [4.69, 9.17) is 4.74 Å². The van der Waals surface area contributed by atoms with E-state index < -0.39 is 0 Å². The lowest BCUT2D eigenvalue weighted by molar-refractivity contribution is -0.112. The Kier molecular flexibility index (Phi) is 5.12. The van der Waals surface area contributed by atoms with E-state index in [1.807, 2.05) is 6.92 Å². The van der Waals surface area contributed by atoms with Crippen molar-refractivity contribution in [3.8, 4) is 0 Å². The van der Waals surface area contributed by atoms with Crippen molar-refractivity contribution < 1.29 is 9.53 Å². The van der Waals surface area contributed by atoms with E-state index in [9.17, 15) is 4.79 Å². The van der Waals surface area contributed by atoms with Gasteiger partial charge in [0.1, 0.15) is 6.29 Å². The topological polar surface area (TPSA) is 26.3 Å². The molecule has 2 heteroatoms. The Bertz CT molecular complexity index is 88.9. The first-order valence-corrected chi connectivity index (χ1v) is 2.95. The smallest absolute Gasteiger partial charge is 0.125 e. The van der Waals surface area contributed by atoms with Gasteiger partial charge in [0, 0.05) is 5.92 Å². The predicted molar refractivity (Wildman–Crippen MR) is 36.2 cm³/mol. The average molecular weight is 128 g/mol. The third-order valence-electron chi connectivity index (χ3n) is 0.849. The van der Waals surface area contributed by atoms with E-state index in [1.54, 1.807) is 6.08 Å². The van der Waals surface area contributed by atoms with Gasteiger partial charge in [-0.3, -0.25) is 0 Å². The molecule has 0 aromatic carbocycles. The van der Waals surface area contributed by atoms with Crippen LogP contribution in [-0.4, -0.2) is 19.5 Å². The quantitative estimate of drug-likeness (QED) is 0.314. The Morgan fingerprint density at radius 3 is 2.89 bits per heavy atom. The Labute approximate surface area is 55.5 Å². The number of hydrogen-bond acceptors (Lipinski definition) is 2. The molecule has 1 atom stereocenters. The summed E-state index contributed by atoms with van der Waals surface area (Å²) in [5, 5.41) is 0. The molecule has 52 valence electrons. The summed E-state index contributed by atoms with van der Waals surface area (Å²) in [6, 6.07) is 0. The standard InChI is InChI=1S/C7H12O2/c1-3-4-9-6-7(2)5-8/h3,5,7H,1,4,6H2,2H3. The van der Waals surface area contributed by atoms with Gasteiger partial charge in [0.15, 0.2) is 0 Å². The molecule has 0 aromatic heterocycles. The first kappa shape index (κ1) is 8.37. The Morgan fingerprint density at radius 2 is 2.44 bits per heavy atom. The van der Waals surface area contributed by atoms with Crippen LogP contribution in [0.1, 0.15) is 6.92 Å². The van der Waals surface area contributed by atoms with Crippen LogP contribution in [0.3, 0.4) is 0 Å². The maximum absolute atomic E-state index is 9.99. The van der Waals surface area contributed by atoms with Crippen LogP contribution in [0.15, 0.2) is 12.7 Å². The molecule has 0 aliphatic carbocycles. The predicted octanol–water partition coefficient (Wildman–Crippen LogP) is 1.02. The molecule has 0 N–H and O–H groups in total. The van der Waals surface area contributed by atoms with Crippen LogP contribution in [0.4, 0.5) is 0 Å². The third-order valence-corrected chi connectivity index (χ3v) is 0.849. The summed E-state index contributed by atoms with van der Waals surface area (Å²) in [5.74, 6) is 0.00458. The van der Waals surface area contributed by atoms with Crippen LogP contribution < -0.4 is 0 Å². The minimum Gasteiger partial charge on any atom is -0.377 e. The largest absolute Gasteiger partial charge is 0.377 e. The Morgan fingerprint density at radius 1 is 1.78 bits per heavy atom. The molecule has 9 heavy (non-hydrogen) atoms. The normalized spacial score (nSPS) is 12.6. The van der Waals surface area contributed by atoms with Crippen LogP contribution in [0.25, 0.3) is 0 Å². The monoisotopic (exact) mass is 128 g/mol. The van der Waals surface area contributed by atoms with E-state index >= 15 is 0 Å². The zero-order chi connectivity index (χ0) is 7.11. The Hall–Kier alpha value is -0.630. The summed E-state index contributed by atoms with van der Waals surface area (Å²) in [4.78, 5) is 9.99. The zero-order valence-electron chi connectivity index (χ0n) is 5.67. The maximum atomic E-state index is 9.99. The highest BCUT2D eigenvalue weighted by atomic mass is 16.5. The molecule has 0 aromatic rings. The summed E-state index contributed by atoms with van der Waals surface area (Å²) in [6.07, 6.45) is 2.54. The van der Waals surface area contributed by atoms with Gasteiger partial charge in [-0.25, -0.2) is 0 Å². The SMILES string of the molecule is C=CCOCC(C)C=O. The van der Waals surface area contributed by atoms with Crippen LogP contribution >= 0.6 is 0 Å². The van der Waals surface area contributed by atoms with Crippen molar-refractivity contribution in [2.45, 2.75) is 6.92 Å². The van der Waals surface area contributed by atoms with Crippen molar-refractivity contribution in [3.05, 3.63) is 12.7 Å². The van der Waals surface area contributed by atoms with Gasteiger partial charge in [-0.1, -0.05) is 13.0 Å². The van der Waals surface area contributed by atoms with E-state index in [-0.39, 0.29) is 5.92 Å². The zero-order valence-corrected chi connectivity index (χ0v) is 5.67. The fraction of sp³-hybridized carbons (Fsp3) is 0.571. The average Bonchev–Trinajstić information content (AvgIpc) is 1.89. The summed E-state index contributed by atoms with van der Waals surface area (Å²) in [7, 11) is 0. The van der Waals surface area contributed by atoms with Crippen molar-refractivity contribution >= 4 is 6.29 Å². The highest BCUT2D eigenvalue weighted by molar-refractivity contribution is 5.52. The maximum Gasteiger partial charge on any atom is 0.125 e. The van der Waals surface area contributed by atoms with Gasteiger partial charge in [0.25, 0.3) is 0 Å². The molecule has 0 saturated heterocycles. The fourth-order valence-electron chi connectivity index (χ4n) is 0.377. The lowest BCUT2D eigenvalue weighted by atomic mass is 10.2. The van der Waals surface area contributed by atoms with Crippen LogP contribution in [-0.2, 0) is 9.53 Å². The third kappa shape index (κ3) is 5.24. The van der Waals surface area contributed by atoms with Crippen LogP contribution in [0.5, 0.6) is 0 Å². The molecule has 1 unspecified atom stereocenters. The fourth-order valence-corrected chi connectivity index (χ4v) is 0.377. The summed E-state index contributed by atoms with van der Waals surface area (Å²) < 4.78 is 4.99. The summed E-state index contributed by atoms with van der Waals surface area (Å²) in [5.41, 5.74) is 0. The first-order valence-electron chi connectivity index (χ1n) is 2.95. The molecule has 0 fully saturated rings. The number of aldehydes is 1. The van der Waals surface area contributed by atoms with Gasteiger partial charge < -0.3 is 9.53 Å². The van der Waals surface area contributed by atoms with Gasteiger partial charge in [0.05, 0.1) is 13.2 Å². The molecule has 2 nitrogen and oxygen atoms in total. The molecular formula is C7H12O2. The highest BCUT2D eigenvalue weighted by Crippen LogP contribution is 1.89. The van der Waals surface area contributed by atoms with Gasteiger partial charge in [-0.15, -0.1) is 6.58 Å². The molecule has 0 aliphatic heterocycles. The van der Waals surface area contributed by atoms with E-state index in [2.05, 4.69) is 6.58 Å². The van der Waals surface area contributed by atoms with Crippen molar-refractivity contribution in [1.29, 1.82) is 0 Å². The molecule has 0 rings (SSSR count). The van der Waals surface area contributed by atoms with E-state index in [0.717, 1.165) is 6.29 Å². The molecule has 0 spiro atoms. The van der Waals surface area contributed by atoms with E-state index in [1.165, 1.54) is 0 Å². The van der Waals surface area contributed by atoms with Gasteiger partial charge in [-0.05, 0) is 0 Å². The van der Waals surface area contributed by atoms with Crippen LogP contribution in [0, 0.1) is 5.92 Å². The highest BCUT2D eigenvalue weighted by Gasteiger charge is 1.96. The number of carbonyl (C=O) groups is 1. The molecule has 0 aliphatic rings. The van der Waals surface area contributed by atoms with Crippen molar-refractivity contribution in [1.82, 2.24) is 0 Å². The van der Waals surface area contributed by atoms with Crippen molar-refractivity contribution in [3.63, 3.8) is 0 Å². The lowest BCUT2D eigenvalue weighted by Gasteiger charge is -2.01. The second-order valence-corrected chi connectivity index (χ2v) is 1.94. The van der Waals surface area contributed by atoms with Gasteiger partial charge in [-0.2, -0.15) is 0 Å². The minimum atomic E-state index is 0.00458. The Balaban J connectivity index is 3.05. The molecule has 0 heterocycles. The second-order valence-electron chi connectivity index (χ2n) is 1.94. The van der Waals surface area contributed by atoms with Gasteiger partial charge in [0.2, 0.25) is 0 Å². The van der Waals surface area contributed by atoms with Gasteiger partial charge >= 0.3 is 0 Å². The van der Waals surface area contributed by atoms with Crippen LogP contribution in [0.2, 0.25) is 0 Å². The molecule has 0 bridgehead atoms. The number of ether oxygens (including phenoxy) is 1. The minimum absolute atomic E-state index is 0.00458. The van der Waals surface area contributed by atoms with Crippen molar-refractivity contribution in [2.75, 3.05) is 13.2 Å². The number of rotatable bonds is 5. The first-order chi connectivity index (χ1) is 4.31. The number of carbonyl (C=O) groups excluding carboxylic acids is 1. The second kappa shape index (κ2) is 5.51. The summed E-state index contributed by atoms with van der Waals surface area (Å²) in [6.45, 7) is 6.31. The van der Waals surface area contributed by atoms with Crippen molar-refractivity contribution in [2.24, 2.45) is 5.92 Å². The number of hydrogen-bond donors (Lipinski definition) is 0.